The highest BCUT2D eigenvalue weighted by molar-refractivity contribution is 5.91. The van der Waals surface area contributed by atoms with E-state index >= 15 is 0 Å². The molecule has 0 radical (unpaired) electrons. The van der Waals surface area contributed by atoms with E-state index < -0.39 is 5.97 Å². The Morgan fingerprint density at radius 2 is 2.00 bits per heavy atom. The minimum Gasteiger partial charge on any atom is -0.511 e. The van der Waals surface area contributed by atoms with E-state index in [1.807, 2.05) is 30.3 Å². The van der Waals surface area contributed by atoms with Gasteiger partial charge in [0.15, 0.2) is 0 Å². The number of aliphatic hydroxyl groups is 1. The van der Waals surface area contributed by atoms with Gasteiger partial charge in [0.05, 0.1) is 5.57 Å². The lowest BCUT2D eigenvalue weighted by Crippen LogP contribution is -2.02. The van der Waals surface area contributed by atoms with Crippen LogP contribution < -0.4 is 0 Å². The van der Waals surface area contributed by atoms with Gasteiger partial charge in [-0.1, -0.05) is 30.3 Å². The minimum atomic E-state index is -1.14. The number of rotatable bonds is 4. The third-order valence-electron chi connectivity index (χ3n) is 3.01. The Bertz CT molecular complexity index is 594. The van der Waals surface area contributed by atoms with Crippen molar-refractivity contribution in [3.8, 4) is 0 Å². The maximum absolute atomic E-state index is 11.0. The van der Waals surface area contributed by atoms with Crippen molar-refractivity contribution in [1.29, 1.82) is 0 Å². The summed E-state index contributed by atoms with van der Waals surface area (Å²) in [4.78, 5) is 11.0. The van der Waals surface area contributed by atoms with E-state index in [-0.39, 0.29) is 17.8 Å². The van der Waals surface area contributed by atoms with Gasteiger partial charge in [0, 0.05) is 6.42 Å². The predicted molar refractivity (Wildman–Crippen MR) is 75.0 cm³/mol. The van der Waals surface area contributed by atoms with Crippen LogP contribution in [-0.4, -0.2) is 16.2 Å². The molecule has 1 aromatic rings. The number of carbonyl (C=O) groups is 1. The van der Waals surface area contributed by atoms with Crippen molar-refractivity contribution in [2.24, 2.45) is 0 Å². The zero-order valence-electron chi connectivity index (χ0n) is 11.2. The second-order valence-corrected chi connectivity index (χ2v) is 4.54. The first-order valence-corrected chi connectivity index (χ1v) is 6.29. The molecule has 0 fully saturated rings. The highest BCUT2D eigenvalue weighted by atomic mass is 16.5. The topological polar surface area (TPSA) is 66.8 Å². The van der Waals surface area contributed by atoms with E-state index in [2.05, 4.69) is 0 Å². The molecule has 0 bridgehead atoms. The summed E-state index contributed by atoms with van der Waals surface area (Å²) >= 11 is 0. The lowest BCUT2D eigenvalue weighted by molar-refractivity contribution is -0.132. The second kappa shape index (κ2) is 6.10. The van der Waals surface area contributed by atoms with E-state index in [9.17, 15) is 9.90 Å². The number of benzene rings is 1. The van der Waals surface area contributed by atoms with Crippen molar-refractivity contribution in [1.82, 2.24) is 0 Å². The fourth-order valence-corrected chi connectivity index (χ4v) is 1.92. The summed E-state index contributed by atoms with van der Waals surface area (Å²) in [5.41, 5.74) is 1.63. The average Bonchev–Trinajstić information content (AvgIpc) is 2.58. The third-order valence-corrected chi connectivity index (χ3v) is 3.01. The molecule has 0 amide bonds. The summed E-state index contributed by atoms with van der Waals surface area (Å²) in [6.45, 7) is 2.17. The Labute approximate surface area is 117 Å². The van der Waals surface area contributed by atoms with Gasteiger partial charge in [0.1, 0.15) is 18.1 Å². The van der Waals surface area contributed by atoms with Crippen molar-refractivity contribution in [2.45, 2.75) is 20.0 Å². The zero-order chi connectivity index (χ0) is 14.5. The van der Waals surface area contributed by atoms with Crippen LogP contribution in [0, 0.1) is 0 Å². The molecule has 1 aromatic carbocycles. The molecule has 4 nitrogen and oxygen atoms in total. The van der Waals surface area contributed by atoms with Crippen LogP contribution in [0.4, 0.5) is 0 Å². The van der Waals surface area contributed by atoms with E-state index in [0.29, 0.717) is 17.9 Å². The lowest BCUT2D eigenvalue weighted by Gasteiger charge is -2.10. The van der Waals surface area contributed by atoms with Gasteiger partial charge in [-0.2, -0.15) is 0 Å². The minimum absolute atomic E-state index is 0.0861. The Balaban J connectivity index is 2.11. The molecule has 1 aliphatic rings. The fourth-order valence-electron chi connectivity index (χ4n) is 1.92. The average molecular weight is 272 g/mol. The molecular weight excluding hydrogens is 256 g/mol. The molecule has 104 valence electrons. The van der Waals surface area contributed by atoms with E-state index in [1.54, 1.807) is 13.0 Å². The number of carboxylic acid groups (broad SMARTS) is 1. The van der Waals surface area contributed by atoms with Gasteiger partial charge in [0.25, 0.3) is 0 Å². The summed E-state index contributed by atoms with van der Waals surface area (Å²) in [7, 11) is 0. The standard InChI is InChI=1S/C16H16O4/c1-11-9-13(16(18)19)14(17)7-8-15(11)20-10-12-5-3-2-4-6-12/h2-6,8-9,17H,7,10H2,1H3,(H,18,19). The van der Waals surface area contributed by atoms with Crippen LogP contribution in [0.25, 0.3) is 0 Å². The van der Waals surface area contributed by atoms with Crippen LogP contribution in [0.2, 0.25) is 0 Å². The van der Waals surface area contributed by atoms with Gasteiger partial charge >= 0.3 is 5.97 Å². The quantitative estimate of drug-likeness (QED) is 0.882. The van der Waals surface area contributed by atoms with Gasteiger partial charge in [-0.3, -0.25) is 0 Å². The van der Waals surface area contributed by atoms with Crippen molar-refractivity contribution in [3.05, 3.63) is 70.7 Å². The van der Waals surface area contributed by atoms with Crippen LogP contribution in [0.3, 0.4) is 0 Å². The predicted octanol–water partition coefficient (Wildman–Crippen LogP) is 3.33. The van der Waals surface area contributed by atoms with Gasteiger partial charge in [-0.05, 0) is 30.2 Å². The normalized spacial score (nSPS) is 15.2. The summed E-state index contributed by atoms with van der Waals surface area (Å²) in [5.74, 6) is -0.702. The van der Waals surface area contributed by atoms with Gasteiger partial charge in [0.2, 0.25) is 0 Å². The van der Waals surface area contributed by atoms with Gasteiger partial charge in [-0.15, -0.1) is 0 Å². The molecule has 0 aliphatic heterocycles. The van der Waals surface area contributed by atoms with Crippen molar-refractivity contribution in [3.63, 3.8) is 0 Å². The molecule has 0 unspecified atom stereocenters. The molecule has 0 spiro atoms. The van der Waals surface area contributed by atoms with Crippen molar-refractivity contribution >= 4 is 5.97 Å². The molecular formula is C16H16O4. The summed E-state index contributed by atoms with van der Waals surface area (Å²) in [5, 5.41) is 18.7. The number of carboxylic acids is 1. The summed E-state index contributed by atoms with van der Waals surface area (Å²) in [6, 6.07) is 9.70. The number of allylic oxidation sites excluding steroid dienone is 2. The highest BCUT2D eigenvalue weighted by Crippen LogP contribution is 2.23. The molecule has 0 atom stereocenters. The maximum atomic E-state index is 11.0. The summed E-state index contributed by atoms with van der Waals surface area (Å²) in [6.07, 6.45) is 3.28. The van der Waals surface area contributed by atoms with E-state index in [4.69, 9.17) is 9.84 Å². The third kappa shape index (κ3) is 3.29. The monoisotopic (exact) mass is 272 g/mol. The van der Waals surface area contributed by atoms with Crippen LogP contribution in [0.5, 0.6) is 0 Å². The number of hydrogen-bond acceptors (Lipinski definition) is 3. The first-order valence-electron chi connectivity index (χ1n) is 6.29. The van der Waals surface area contributed by atoms with Gasteiger partial charge < -0.3 is 14.9 Å². The molecule has 1 aliphatic carbocycles. The number of aliphatic carboxylic acids is 1. The lowest BCUT2D eigenvalue weighted by atomic mass is 10.1. The highest BCUT2D eigenvalue weighted by Gasteiger charge is 2.16. The molecule has 0 heterocycles. The first-order chi connectivity index (χ1) is 9.58. The largest absolute Gasteiger partial charge is 0.511 e. The van der Waals surface area contributed by atoms with Crippen LogP contribution in [0.15, 0.2) is 65.1 Å². The number of ether oxygens (including phenoxy) is 1. The SMILES string of the molecule is CC1=CC(C(=O)O)=C(O)CC=C1OCc1ccccc1. The smallest absolute Gasteiger partial charge is 0.339 e. The molecule has 0 saturated heterocycles. The van der Waals surface area contributed by atoms with Crippen LogP contribution in [-0.2, 0) is 16.1 Å². The first kappa shape index (κ1) is 13.9. The Hall–Kier alpha value is -2.49. The van der Waals surface area contributed by atoms with Gasteiger partial charge in [-0.25, -0.2) is 4.79 Å². The number of hydrogen-bond donors (Lipinski definition) is 2. The molecule has 0 aromatic heterocycles. The Kier molecular flexibility index (Phi) is 4.25. The molecule has 2 rings (SSSR count). The molecule has 20 heavy (non-hydrogen) atoms. The molecule has 0 saturated carbocycles. The number of aliphatic hydroxyl groups excluding tert-OH is 1. The van der Waals surface area contributed by atoms with E-state index in [0.717, 1.165) is 5.56 Å². The fraction of sp³-hybridized carbons (Fsp3) is 0.188. The van der Waals surface area contributed by atoms with Crippen LogP contribution in [0.1, 0.15) is 18.9 Å². The summed E-state index contributed by atoms with van der Waals surface area (Å²) < 4.78 is 5.70. The molecule has 2 N–H and O–H groups in total. The Morgan fingerprint density at radius 1 is 1.30 bits per heavy atom. The van der Waals surface area contributed by atoms with E-state index in [1.165, 1.54) is 6.08 Å². The zero-order valence-corrected chi connectivity index (χ0v) is 11.2. The molecule has 4 heteroatoms. The Morgan fingerprint density at radius 3 is 2.65 bits per heavy atom. The van der Waals surface area contributed by atoms with Crippen molar-refractivity contribution in [2.75, 3.05) is 0 Å². The maximum Gasteiger partial charge on any atom is 0.339 e. The van der Waals surface area contributed by atoms with Crippen molar-refractivity contribution < 1.29 is 19.7 Å². The van der Waals surface area contributed by atoms with Crippen LogP contribution >= 0.6 is 0 Å². The second-order valence-electron chi connectivity index (χ2n) is 4.54.